The molecule has 1 aromatic rings. The molecule has 1 rings (SSSR count). The van der Waals surface area contributed by atoms with E-state index in [2.05, 4.69) is 31.9 Å². The van der Waals surface area contributed by atoms with Gasteiger partial charge in [0.15, 0.2) is 0 Å². The third kappa shape index (κ3) is 4.11. The monoisotopic (exact) mass is 326 g/mol. The molecule has 0 atom stereocenters. The fourth-order valence-corrected chi connectivity index (χ4v) is 1.54. The average Bonchev–Trinajstić information content (AvgIpc) is 1.96. The van der Waals surface area contributed by atoms with Crippen LogP contribution in [0.3, 0.4) is 0 Å². The first-order valence-electron chi connectivity index (χ1n) is 3.36. The van der Waals surface area contributed by atoms with E-state index in [1.54, 1.807) is 0 Å². The van der Waals surface area contributed by atoms with Crippen LogP contribution in [0, 0.1) is 5.41 Å². The lowest BCUT2D eigenvalue weighted by Gasteiger charge is -2.01. The average molecular weight is 328 g/mol. The largest absolute Gasteiger partial charge is 0.387 e. The molecule has 13 heavy (non-hydrogen) atoms. The molecule has 0 aliphatic rings. The van der Waals surface area contributed by atoms with E-state index in [0.29, 0.717) is 6.42 Å². The van der Waals surface area contributed by atoms with Crippen molar-refractivity contribution in [2.24, 2.45) is 5.73 Å². The maximum atomic E-state index is 7.11. The quantitative estimate of drug-likeness (QED) is 0.636. The van der Waals surface area contributed by atoms with Gasteiger partial charge in [-0.3, -0.25) is 5.41 Å². The third-order valence-electron chi connectivity index (χ3n) is 1.38. The molecular weight excluding hydrogens is 319 g/mol. The van der Waals surface area contributed by atoms with Gasteiger partial charge in [0.1, 0.15) is 0 Å². The van der Waals surface area contributed by atoms with Crippen LogP contribution in [0.25, 0.3) is 0 Å². The summed E-state index contributed by atoms with van der Waals surface area (Å²) in [4.78, 5) is 0. The van der Waals surface area contributed by atoms with E-state index in [0.717, 1.165) is 14.5 Å². The van der Waals surface area contributed by atoms with E-state index in [1.807, 2.05) is 18.2 Å². The Morgan fingerprint density at radius 2 is 1.92 bits per heavy atom. The van der Waals surface area contributed by atoms with Crippen molar-refractivity contribution in [3.8, 4) is 0 Å². The second kappa shape index (κ2) is 5.62. The predicted molar refractivity (Wildman–Crippen MR) is 64.7 cm³/mol. The van der Waals surface area contributed by atoms with Gasteiger partial charge in [0.25, 0.3) is 0 Å². The summed E-state index contributed by atoms with van der Waals surface area (Å²) in [7, 11) is 0. The van der Waals surface area contributed by atoms with Crippen molar-refractivity contribution >= 4 is 50.1 Å². The van der Waals surface area contributed by atoms with E-state index in [-0.39, 0.29) is 18.2 Å². The minimum atomic E-state index is 0. The van der Waals surface area contributed by atoms with E-state index in [4.69, 9.17) is 11.1 Å². The molecular formula is C8H9Br2ClN2. The first kappa shape index (κ1) is 12.9. The second-order valence-corrected chi connectivity index (χ2v) is 4.16. The maximum Gasteiger partial charge on any atom is 0.0950 e. The van der Waals surface area contributed by atoms with Crippen LogP contribution in [0.4, 0.5) is 0 Å². The van der Waals surface area contributed by atoms with Crippen LogP contribution in [0.2, 0.25) is 0 Å². The molecule has 0 aromatic heterocycles. The highest BCUT2D eigenvalue weighted by Gasteiger charge is 1.99. The van der Waals surface area contributed by atoms with Crippen molar-refractivity contribution in [3.63, 3.8) is 0 Å². The van der Waals surface area contributed by atoms with E-state index in [9.17, 15) is 0 Å². The lowest BCUT2D eigenvalue weighted by molar-refractivity contribution is 1.24. The lowest BCUT2D eigenvalue weighted by atomic mass is 10.1. The number of nitrogens with one attached hydrogen (secondary N) is 1. The second-order valence-electron chi connectivity index (χ2n) is 2.45. The number of amidine groups is 1. The van der Waals surface area contributed by atoms with Gasteiger partial charge in [-0.05, 0) is 49.6 Å². The minimum absolute atomic E-state index is 0. The third-order valence-corrected chi connectivity index (χ3v) is 3.26. The number of rotatable bonds is 2. The number of nitrogens with two attached hydrogens (primary N) is 1. The Kier molecular flexibility index (Phi) is 5.60. The summed E-state index contributed by atoms with van der Waals surface area (Å²) in [5.74, 6) is 0.184. The molecule has 0 saturated carbocycles. The van der Waals surface area contributed by atoms with Gasteiger partial charge in [0.2, 0.25) is 0 Å². The summed E-state index contributed by atoms with van der Waals surface area (Å²) in [5, 5.41) is 7.11. The van der Waals surface area contributed by atoms with Crippen molar-refractivity contribution in [3.05, 3.63) is 32.7 Å². The van der Waals surface area contributed by atoms with Crippen LogP contribution in [-0.4, -0.2) is 5.84 Å². The molecule has 3 N–H and O–H groups in total. The summed E-state index contributed by atoms with van der Waals surface area (Å²) >= 11 is 6.74. The lowest BCUT2D eigenvalue weighted by Crippen LogP contribution is -2.12. The first-order chi connectivity index (χ1) is 5.59. The fourth-order valence-electron chi connectivity index (χ4n) is 0.870. The fraction of sp³-hybridized carbons (Fsp3) is 0.125. The molecule has 1 aromatic carbocycles. The zero-order valence-corrected chi connectivity index (χ0v) is 10.7. The summed E-state index contributed by atoms with van der Waals surface area (Å²) in [6.07, 6.45) is 0.506. The molecule has 0 unspecified atom stereocenters. The summed E-state index contributed by atoms with van der Waals surface area (Å²) in [5.41, 5.74) is 6.31. The van der Waals surface area contributed by atoms with Crippen molar-refractivity contribution < 1.29 is 0 Å². The highest BCUT2D eigenvalue weighted by Crippen LogP contribution is 2.23. The first-order valence-corrected chi connectivity index (χ1v) is 4.95. The Bertz CT molecular complexity index is 315. The Labute approximate surface area is 100 Å². The van der Waals surface area contributed by atoms with Gasteiger partial charge in [-0.1, -0.05) is 6.07 Å². The Morgan fingerprint density at radius 1 is 1.31 bits per heavy atom. The molecule has 0 radical (unpaired) electrons. The number of hydrogen-bond acceptors (Lipinski definition) is 1. The van der Waals surface area contributed by atoms with Gasteiger partial charge >= 0.3 is 0 Å². The minimum Gasteiger partial charge on any atom is -0.387 e. The Hall–Kier alpha value is -0.0600. The van der Waals surface area contributed by atoms with Crippen molar-refractivity contribution in [2.75, 3.05) is 0 Å². The van der Waals surface area contributed by atoms with E-state index < -0.39 is 0 Å². The molecule has 0 fully saturated rings. The Morgan fingerprint density at radius 3 is 2.38 bits per heavy atom. The van der Waals surface area contributed by atoms with E-state index in [1.165, 1.54) is 0 Å². The van der Waals surface area contributed by atoms with E-state index >= 15 is 0 Å². The van der Waals surface area contributed by atoms with Crippen LogP contribution in [0.15, 0.2) is 27.1 Å². The van der Waals surface area contributed by atoms with Gasteiger partial charge in [-0.2, -0.15) is 0 Å². The van der Waals surface area contributed by atoms with Crippen molar-refractivity contribution in [1.29, 1.82) is 5.41 Å². The van der Waals surface area contributed by atoms with Crippen molar-refractivity contribution in [1.82, 2.24) is 0 Å². The summed E-state index contributed by atoms with van der Waals surface area (Å²) < 4.78 is 2.00. The summed E-state index contributed by atoms with van der Waals surface area (Å²) in [6, 6.07) is 5.82. The zero-order chi connectivity index (χ0) is 9.14. The smallest absolute Gasteiger partial charge is 0.0950 e. The molecule has 0 amide bonds. The van der Waals surface area contributed by atoms with Crippen molar-refractivity contribution in [2.45, 2.75) is 6.42 Å². The summed E-state index contributed by atoms with van der Waals surface area (Å²) in [6.45, 7) is 0. The SMILES string of the molecule is Cl.N=C(N)Cc1ccc(Br)c(Br)c1. The maximum absolute atomic E-state index is 7.11. The van der Waals surface area contributed by atoms with Crippen LogP contribution in [0.5, 0.6) is 0 Å². The van der Waals surface area contributed by atoms with Crippen LogP contribution < -0.4 is 5.73 Å². The van der Waals surface area contributed by atoms with Gasteiger partial charge in [0, 0.05) is 15.4 Å². The normalized spacial score (nSPS) is 9.08. The molecule has 72 valence electrons. The van der Waals surface area contributed by atoms with Crippen LogP contribution >= 0.6 is 44.3 Å². The molecule has 0 heterocycles. The highest BCUT2D eigenvalue weighted by molar-refractivity contribution is 9.13. The van der Waals surface area contributed by atoms with Crippen LogP contribution in [-0.2, 0) is 6.42 Å². The van der Waals surface area contributed by atoms with Gasteiger partial charge in [-0.25, -0.2) is 0 Å². The molecule has 0 saturated heterocycles. The number of halogens is 3. The number of hydrogen-bond donors (Lipinski definition) is 2. The topological polar surface area (TPSA) is 49.9 Å². The molecule has 2 nitrogen and oxygen atoms in total. The van der Waals surface area contributed by atoms with Gasteiger partial charge in [0.05, 0.1) is 5.84 Å². The number of benzene rings is 1. The molecule has 0 aliphatic carbocycles. The van der Waals surface area contributed by atoms with Crippen LogP contribution in [0.1, 0.15) is 5.56 Å². The van der Waals surface area contributed by atoms with Gasteiger partial charge in [-0.15, -0.1) is 12.4 Å². The highest BCUT2D eigenvalue weighted by atomic mass is 79.9. The zero-order valence-electron chi connectivity index (χ0n) is 6.68. The predicted octanol–water partition coefficient (Wildman–Crippen LogP) is 3.11. The van der Waals surface area contributed by atoms with Gasteiger partial charge < -0.3 is 5.73 Å². The standard InChI is InChI=1S/C8H8Br2N2.ClH/c9-6-2-1-5(3-7(6)10)4-8(11)12;/h1-3H,4H2,(H3,11,12);1H. The Balaban J connectivity index is 0.00000144. The molecule has 5 heteroatoms. The molecule has 0 bridgehead atoms. The molecule has 0 aliphatic heterocycles. The molecule has 0 spiro atoms.